The molecule has 3 aromatic rings. The molecule has 0 fully saturated rings. The van der Waals surface area contributed by atoms with Gasteiger partial charge in [0.15, 0.2) is 0 Å². The fourth-order valence-corrected chi connectivity index (χ4v) is 3.38. The van der Waals surface area contributed by atoms with Crippen molar-refractivity contribution in [3.8, 4) is 16.8 Å². The van der Waals surface area contributed by atoms with Gasteiger partial charge < -0.3 is 5.32 Å². The van der Waals surface area contributed by atoms with Gasteiger partial charge in [0.05, 0.1) is 12.5 Å². The molecule has 0 unspecified atom stereocenters. The molecule has 3 rings (SSSR count). The fraction of sp³-hybridized carbons (Fsp3) is 0.304. The monoisotopic (exact) mass is 361 g/mol. The molecular weight excluding hydrogens is 334 g/mol. The molecule has 1 N–H and O–H groups in total. The van der Waals surface area contributed by atoms with Crippen LogP contribution in [0.5, 0.6) is 0 Å². The summed E-state index contributed by atoms with van der Waals surface area (Å²) in [4.78, 5) is 16.8. The second-order valence-corrected chi connectivity index (χ2v) is 7.06. The van der Waals surface area contributed by atoms with E-state index < -0.39 is 0 Å². The van der Waals surface area contributed by atoms with Crippen LogP contribution in [0, 0.1) is 13.8 Å². The van der Waals surface area contributed by atoms with Crippen LogP contribution in [-0.4, -0.2) is 21.5 Å². The van der Waals surface area contributed by atoms with E-state index in [4.69, 9.17) is 0 Å². The molecule has 140 valence electrons. The van der Waals surface area contributed by atoms with Crippen molar-refractivity contribution in [1.82, 2.24) is 14.9 Å². The van der Waals surface area contributed by atoms with Gasteiger partial charge in [-0.05, 0) is 49.9 Å². The molecular formula is C23H27N3O. The third-order valence-electron chi connectivity index (χ3n) is 4.89. The normalized spacial score (nSPS) is 11.0. The van der Waals surface area contributed by atoms with Crippen LogP contribution in [0.4, 0.5) is 0 Å². The zero-order chi connectivity index (χ0) is 19.4. The van der Waals surface area contributed by atoms with E-state index in [-0.39, 0.29) is 11.9 Å². The van der Waals surface area contributed by atoms with Crippen LogP contribution in [0.15, 0.2) is 55.0 Å². The first-order valence-electron chi connectivity index (χ1n) is 9.54. The topological polar surface area (TPSA) is 46.9 Å². The third kappa shape index (κ3) is 4.27. The molecule has 1 heterocycles. The molecule has 0 bridgehead atoms. The standard InChI is InChI=1S/C23H27N3O/c1-5-20(6-2)25-23(27)22-14-24-15-26(22)21-9-7-18(8-10-21)19-12-16(3)11-17(4)13-19/h7-15,20H,5-6H2,1-4H3,(H,25,27). The lowest BCUT2D eigenvalue weighted by Crippen LogP contribution is -2.34. The Hall–Kier alpha value is -2.88. The number of imidazole rings is 1. The number of benzene rings is 2. The average molecular weight is 361 g/mol. The first-order chi connectivity index (χ1) is 13.0. The predicted molar refractivity (Wildman–Crippen MR) is 110 cm³/mol. The lowest BCUT2D eigenvalue weighted by Gasteiger charge is -2.15. The van der Waals surface area contributed by atoms with Gasteiger partial charge in [0.25, 0.3) is 5.91 Å². The molecule has 0 aliphatic carbocycles. The minimum absolute atomic E-state index is 0.0837. The van der Waals surface area contributed by atoms with Crippen molar-refractivity contribution < 1.29 is 4.79 Å². The van der Waals surface area contributed by atoms with Gasteiger partial charge in [-0.15, -0.1) is 0 Å². The van der Waals surface area contributed by atoms with E-state index in [1.54, 1.807) is 12.5 Å². The Balaban J connectivity index is 1.86. The molecule has 1 aromatic heterocycles. The molecule has 0 aliphatic heterocycles. The number of amides is 1. The number of carbonyl (C=O) groups excluding carboxylic acids is 1. The summed E-state index contributed by atoms with van der Waals surface area (Å²) in [7, 11) is 0. The maximum Gasteiger partial charge on any atom is 0.270 e. The first kappa shape index (κ1) is 18.9. The Morgan fingerprint density at radius 3 is 2.22 bits per heavy atom. The van der Waals surface area contributed by atoms with Crippen LogP contribution in [0.25, 0.3) is 16.8 Å². The highest BCUT2D eigenvalue weighted by Crippen LogP contribution is 2.24. The van der Waals surface area contributed by atoms with Gasteiger partial charge in [-0.25, -0.2) is 4.98 Å². The molecule has 27 heavy (non-hydrogen) atoms. The molecule has 1 amide bonds. The molecule has 0 saturated carbocycles. The predicted octanol–water partition coefficient (Wildman–Crippen LogP) is 5.07. The van der Waals surface area contributed by atoms with E-state index in [9.17, 15) is 4.79 Å². The summed E-state index contributed by atoms with van der Waals surface area (Å²) in [6, 6.07) is 15.0. The van der Waals surface area contributed by atoms with Crippen LogP contribution in [-0.2, 0) is 0 Å². The largest absolute Gasteiger partial charge is 0.348 e. The number of hydrogen-bond donors (Lipinski definition) is 1. The highest BCUT2D eigenvalue weighted by Gasteiger charge is 2.16. The van der Waals surface area contributed by atoms with E-state index in [0.717, 1.165) is 24.1 Å². The summed E-state index contributed by atoms with van der Waals surface area (Å²) in [6.45, 7) is 8.39. The lowest BCUT2D eigenvalue weighted by atomic mass is 10.0. The van der Waals surface area contributed by atoms with Gasteiger partial charge in [-0.2, -0.15) is 0 Å². The average Bonchev–Trinajstić information content (AvgIpc) is 3.15. The Kier molecular flexibility index (Phi) is 5.75. The minimum atomic E-state index is -0.0837. The molecule has 4 nitrogen and oxygen atoms in total. The van der Waals surface area contributed by atoms with Crippen LogP contribution in [0.1, 0.15) is 48.3 Å². The van der Waals surface area contributed by atoms with Crippen molar-refractivity contribution in [2.75, 3.05) is 0 Å². The van der Waals surface area contributed by atoms with Gasteiger partial charge in [-0.3, -0.25) is 9.36 Å². The summed E-state index contributed by atoms with van der Waals surface area (Å²) in [5.41, 5.74) is 6.36. The van der Waals surface area contributed by atoms with E-state index in [0.29, 0.717) is 5.69 Å². The molecule has 0 saturated heterocycles. The van der Waals surface area contributed by atoms with Crippen molar-refractivity contribution in [2.45, 2.75) is 46.6 Å². The van der Waals surface area contributed by atoms with E-state index in [1.807, 2.05) is 16.7 Å². The highest BCUT2D eigenvalue weighted by molar-refractivity contribution is 5.93. The number of aryl methyl sites for hydroxylation is 2. The van der Waals surface area contributed by atoms with Crippen LogP contribution >= 0.6 is 0 Å². The fourth-order valence-electron chi connectivity index (χ4n) is 3.38. The maximum atomic E-state index is 12.6. The number of rotatable bonds is 6. The van der Waals surface area contributed by atoms with Crippen LogP contribution in [0.3, 0.4) is 0 Å². The third-order valence-corrected chi connectivity index (χ3v) is 4.89. The summed E-state index contributed by atoms with van der Waals surface area (Å²) < 4.78 is 1.84. The smallest absolute Gasteiger partial charge is 0.270 e. The number of nitrogens with one attached hydrogen (secondary N) is 1. The van der Waals surface area contributed by atoms with Gasteiger partial charge >= 0.3 is 0 Å². The molecule has 0 aliphatic rings. The number of nitrogens with zero attached hydrogens (tertiary/aromatic N) is 2. The second-order valence-electron chi connectivity index (χ2n) is 7.06. The van der Waals surface area contributed by atoms with E-state index >= 15 is 0 Å². The maximum absolute atomic E-state index is 12.6. The number of aromatic nitrogens is 2. The zero-order valence-electron chi connectivity index (χ0n) is 16.5. The summed E-state index contributed by atoms with van der Waals surface area (Å²) in [5, 5.41) is 3.08. The van der Waals surface area contributed by atoms with Crippen molar-refractivity contribution in [3.63, 3.8) is 0 Å². The van der Waals surface area contributed by atoms with Gasteiger partial charge in [0.1, 0.15) is 5.69 Å². The molecule has 0 radical (unpaired) electrons. The Bertz CT molecular complexity index is 901. The second kappa shape index (κ2) is 8.21. The van der Waals surface area contributed by atoms with Gasteiger partial charge in [0.2, 0.25) is 0 Å². The van der Waals surface area contributed by atoms with E-state index in [1.165, 1.54) is 16.7 Å². The van der Waals surface area contributed by atoms with Crippen molar-refractivity contribution in [1.29, 1.82) is 0 Å². The summed E-state index contributed by atoms with van der Waals surface area (Å²) >= 11 is 0. The molecule has 0 atom stereocenters. The molecule has 0 spiro atoms. The van der Waals surface area contributed by atoms with Crippen molar-refractivity contribution in [3.05, 3.63) is 71.8 Å². The van der Waals surface area contributed by atoms with Gasteiger partial charge in [0, 0.05) is 11.7 Å². The quantitative estimate of drug-likeness (QED) is 0.666. The summed E-state index contributed by atoms with van der Waals surface area (Å²) in [5.74, 6) is -0.0837. The number of carbonyl (C=O) groups is 1. The summed E-state index contributed by atoms with van der Waals surface area (Å²) in [6.07, 6.45) is 5.14. The molecule has 4 heteroatoms. The Morgan fingerprint density at radius 1 is 1.00 bits per heavy atom. The lowest BCUT2D eigenvalue weighted by molar-refractivity contribution is 0.0928. The van der Waals surface area contributed by atoms with Crippen molar-refractivity contribution in [2.24, 2.45) is 0 Å². The van der Waals surface area contributed by atoms with Crippen LogP contribution in [0.2, 0.25) is 0 Å². The first-order valence-corrected chi connectivity index (χ1v) is 9.54. The minimum Gasteiger partial charge on any atom is -0.348 e. The highest BCUT2D eigenvalue weighted by atomic mass is 16.2. The Morgan fingerprint density at radius 2 is 1.63 bits per heavy atom. The van der Waals surface area contributed by atoms with Crippen molar-refractivity contribution >= 4 is 5.91 Å². The number of hydrogen-bond acceptors (Lipinski definition) is 2. The van der Waals surface area contributed by atoms with E-state index in [2.05, 4.69) is 68.3 Å². The van der Waals surface area contributed by atoms with Gasteiger partial charge in [-0.1, -0.05) is 55.3 Å². The Labute approximate surface area is 161 Å². The zero-order valence-corrected chi connectivity index (χ0v) is 16.5. The van der Waals surface area contributed by atoms with Crippen LogP contribution < -0.4 is 5.32 Å². The SMILES string of the molecule is CCC(CC)NC(=O)c1cncn1-c1ccc(-c2cc(C)cc(C)c2)cc1. The molecule has 2 aromatic carbocycles.